The summed E-state index contributed by atoms with van der Waals surface area (Å²) in [5, 5.41) is 0. The number of hydrogen-bond acceptors (Lipinski definition) is 4. The minimum atomic E-state index is 0.492. The lowest BCUT2D eigenvalue weighted by molar-refractivity contribution is 0.327. The first kappa shape index (κ1) is 10.3. The summed E-state index contributed by atoms with van der Waals surface area (Å²) in [4.78, 5) is 16.0. The van der Waals surface area contributed by atoms with Gasteiger partial charge in [-0.05, 0) is 37.0 Å². The largest absolute Gasteiger partial charge is 0.382 e. The van der Waals surface area contributed by atoms with Crippen molar-refractivity contribution >= 4 is 17.0 Å². The van der Waals surface area contributed by atoms with Gasteiger partial charge in [0, 0.05) is 6.42 Å². The molecule has 4 rings (SSSR count). The van der Waals surface area contributed by atoms with E-state index >= 15 is 0 Å². The zero-order chi connectivity index (χ0) is 12.1. The molecule has 0 aliphatic heterocycles. The van der Waals surface area contributed by atoms with Gasteiger partial charge in [-0.15, -0.1) is 0 Å². The van der Waals surface area contributed by atoms with Gasteiger partial charge in [0.15, 0.2) is 11.5 Å². The number of imidazole rings is 1. The molecule has 3 atom stereocenters. The third kappa shape index (κ3) is 1.50. The Hall–Kier alpha value is -1.65. The zero-order valence-electron chi connectivity index (χ0n) is 10.3. The van der Waals surface area contributed by atoms with Crippen molar-refractivity contribution in [2.45, 2.75) is 32.1 Å². The van der Waals surface area contributed by atoms with Gasteiger partial charge >= 0.3 is 0 Å². The number of rotatable bonds is 2. The van der Waals surface area contributed by atoms with E-state index < -0.39 is 0 Å². The van der Waals surface area contributed by atoms with Gasteiger partial charge in [0.2, 0.25) is 0 Å². The molecule has 2 bridgehead atoms. The van der Waals surface area contributed by atoms with Gasteiger partial charge in [-0.25, -0.2) is 15.0 Å². The number of aromatic nitrogens is 4. The van der Waals surface area contributed by atoms with Crippen LogP contribution in [0.1, 0.15) is 31.5 Å². The number of fused-ring (bicyclic) bond motifs is 3. The molecule has 18 heavy (non-hydrogen) atoms. The highest BCUT2D eigenvalue weighted by molar-refractivity contribution is 5.80. The van der Waals surface area contributed by atoms with E-state index in [2.05, 4.69) is 19.9 Å². The van der Waals surface area contributed by atoms with Crippen LogP contribution in [0, 0.1) is 17.8 Å². The van der Waals surface area contributed by atoms with E-state index in [1.54, 1.807) is 0 Å². The van der Waals surface area contributed by atoms with Crippen molar-refractivity contribution in [3.8, 4) is 0 Å². The van der Waals surface area contributed by atoms with Crippen molar-refractivity contribution in [3.05, 3.63) is 12.2 Å². The molecule has 0 amide bonds. The molecule has 3 unspecified atom stereocenters. The van der Waals surface area contributed by atoms with E-state index in [4.69, 9.17) is 5.73 Å². The van der Waals surface area contributed by atoms with Crippen molar-refractivity contribution < 1.29 is 0 Å². The Bertz CT molecular complexity index is 590. The highest BCUT2D eigenvalue weighted by Gasteiger charge is 2.39. The van der Waals surface area contributed by atoms with Crippen molar-refractivity contribution in [2.75, 3.05) is 5.73 Å². The molecule has 2 aliphatic carbocycles. The second-order valence-electron chi connectivity index (χ2n) is 5.78. The van der Waals surface area contributed by atoms with Crippen LogP contribution in [0.4, 0.5) is 5.82 Å². The number of anilines is 1. The quantitative estimate of drug-likeness (QED) is 0.844. The molecule has 0 saturated heterocycles. The zero-order valence-corrected chi connectivity index (χ0v) is 10.3. The second-order valence-corrected chi connectivity index (χ2v) is 5.78. The number of H-pyrrole nitrogens is 1. The van der Waals surface area contributed by atoms with Crippen LogP contribution in [0.25, 0.3) is 11.2 Å². The Balaban J connectivity index is 1.61. The molecule has 2 aliphatic rings. The Morgan fingerprint density at radius 3 is 2.94 bits per heavy atom. The van der Waals surface area contributed by atoms with Crippen LogP contribution < -0.4 is 5.73 Å². The monoisotopic (exact) mass is 243 g/mol. The number of nitrogens with one attached hydrogen (secondary N) is 1. The molecule has 5 heteroatoms. The molecule has 94 valence electrons. The van der Waals surface area contributed by atoms with Crippen molar-refractivity contribution in [1.82, 2.24) is 19.9 Å². The van der Waals surface area contributed by atoms with E-state index in [-0.39, 0.29) is 0 Å². The molecule has 0 radical (unpaired) electrons. The van der Waals surface area contributed by atoms with Crippen LogP contribution >= 0.6 is 0 Å². The fourth-order valence-electron chi connectivity index (χ4n) is 3.87. The minimum absolute atomic E-state index is 0.492. The maximum atomic E-state index is 5.82. The first-order valence-electron chi connectivity index (χ1n) is 6.74. The average Bonchev–Trinajstić information content (AvgIpc) is 3.03. The summed E-state index contributed by atoms with van der Waals surface area (Å²) in [6.45, 7) is 0. The third-order valence-corrected chi connectivity index (χ3v) is 4.71. The number of nitrogens with zero attached hydrogens (tertiary/aromatic N) is 3. The van der Waals surface area contributed by atoms with Gasteiger partial charge < -0.3 is 10.7 Å². The maximum absolute atomic E-state index is 5.82. The lowest BCUT2D eigenvalue weighted by Gasteiger charge is -2.20. The fourth-order valence-corrected chi connectivity index (χ4v) is 3.87. The van der Waals surface area contributed by atoms with Crippen molar-refractivity contribution in [3.63, 3.8) is 0 Å². The Labute approximate surface area is 105 Å². The van der Waals surface area contributed by atoms with E-state index in [0.29, 0.717) is 11.5 Å². The summed E-state index contributed by atoms with van der Waals surface area (Å²) in [7, 11) is 0. The first-order valence-corrected chi connectivity index (χ1v) is 6.74. The molecule has 0 spiro atoms. The lowest BCUT2D eigenvalue weighted by Crippen LogP contribution is -2.13. The minimum Gasteiger partial charge on any atom is -0.382 e. The summed E-state index contributed by atoms with van der Waals surface area (Å²) in [5.41, 5.74) is 7.30. The molecule has 2 aromatic heterocycles. The van der Waals surface area contributed by atoms with Gasteiger partial charge in [-0.2, -0.15) is 0 Å². The number of hydrogen-bond donors (Lipinski definition) is 2. The van der Waals surface area contributed by atoms with Crippen molar-refractivity contribution in [2.24, 2.45) is 17.8 Å². The predicted molar refractivity (Wildman–Crippen MR) is 68.7 cm³/mol. The molecule has 5 nitrogen and oxygen atoms in total. The smallest absolute Gasteiger partial charge is 0.183 e. The van der Waals surface area contributed by atoms with Gasteiger partial charge in [0.25, 0.3) is 0 Å². The van der Waals surface area contributed by atoms with Crippen LogP contribution in [-0.4, -0.2) is 19.9 Å². The average molecular weight is 243 g/mol. The molecular weight excluding hydrogens is 226 g/mol. The topological polar surface area (TPSA) is 80.5 Å². The Morgan fingerprint density at radius 2 is 2.22 bits per heavy atom. The van der Waals surface area contributed by atoms with Gasteiger partial charge in [-0.3, -0.25) is 0 Å². The van der Waals surface area contributed by atoms with E-state index in [1.165, 1.54) is 32.0 Å². The van der Waals surface area contributed by atoms with Gasteiger partial charge in [0.1, 0.15) is 17.7 Å². The molecular formula is C13H17N5. The molecule has 2 aromatic rings. The summed E-state index contributed by atoms with van der Waals surface area (Å²) >= 11 is 0. The summed E-state index contributed by atoms with van der Waals surface area (Å²) in [6, 6.07) is 0. The predicted octanol–water partition coefficient (Wildman–Crippen LogP) is 1.91. The van der Waals surface area contributed by atoms with Crippen LogP contribution in [0.15, 0.2) is 6.33 Å². The summed E-state index contributed by atoms with van der Waals surface area (Å²) in [5.74, 6) is 4.22. The second kappa shape index (κ2) is 3.67. The summed E-state index contributed by atoms with van der Waals surface area (Å²) in [6.07, 6.45) is 8.18. The van der Waals surface area contributed by atoms with Gasteiger partial charge in [-0.1, -0.05) is 6.42 Å². The highest BCUT2D eigenvalue weighted by atomic mass is 15.0. The van der Waals surface area contributed by atoms with E-state index in [0.717, 1.165) is 35.5 Å². The maximum Gasteiger partial charge on any atom is 0.183 e. The SMILES string of the molecule is Nc1ncnc2nc(CC3CC4CCC3C4)[nH]c12. The van der Waals surface area contributed by atoms with Crippen LogP contribution in [0.2, 0.25) is 0 Å². The van der Waals surface area contributed by atoms with Crippen LogP contribution in [-0.2, 0) is 6.42 Å². The fraction of sp³-hybridized carbons (Fsp3) is 0.615. The highest BCUT2D eigenvalue weighted by Crippen LogP contribution is 2.49. The Kier molecular flexibility index (Phi) is 2.10. The Morgan fingerprint density at radius 1 is 1.28 bits per heavy atom. The molecule has 2 saturated carbocycles. The molecule has 3 N–H and O–H groups in total. The third-order valence-electron chi connectivity index (χ3n) is 4.71. The number of aromatic amines is 1. The van der Waals surface area contributed by atoms with Crippen LogP contribution in [0.5, 0.6) is 0 Å². The molecule has 2 fully saturated rings. The molecule has 2 heterocycles. The molecule has 0 aromatic carbocycles. The van der Waals surface area contributed by atoms with E-state index in [1.807, 2.05) is 0 Å². The number of nitrogens with two attached hydrogens (primary N) is 1. The van der Waals surface area contributed by atoms with Crippen LogP contribution in [0.3, 0.4) is 0 Å². The van der Waals surface area contributed by atoms with Crippen molar-refractivity contribution in [1.29, 1.82) is 0 Å². The van der Waals surface area contributed by atoms with Gasteiger partial charge in [0.05, 0.1) is 0 Å². The standard InChI is InChI=1S/C13H17N5/c14-12-11-13(16-6-15-12)18-10(17-11)5-9-4-7-1-2-8(9)3-7/h6-9H,1-5H2,(H3,14,15,16,17,18). The number of nitrogen functional groups attached to an aromatic ring is 1. The summed E-state index contributed by atoms with van der Waals surface area (Å²) < 4.78 is 0. The normalized spacial score (nSPS) is 30.3. The first-order chi connectivity index (χ1) is 8.79. The lowest BCUT2D eigenvalue weighted by atomic mass is 9.86. The van der Waals surface area contributed by atoms with E-state index in [9.17, 15) is 0 Å².